The molecule has 1 atom stereocenters. The van der Waals surface area contributed by atoms with Crippen molar-refractivity contribution in [3.63, 3.8) is 0 Å². The number of carbonyl (C=O) groups is 2. The van der Waals surface area contributed by atoms with Crippen molar-refractivity contribution in [3.8, 4) is 11.5 Å². The Kier molecular flexibility index (Phi) is 7.11. The SMILES string of the molecule is CCCCOc1ccc(C(=O)OC(C(=O)NC2CC2)c2ccccc2)cc1OC. The first-order valence-corrected chi connectivity index (χ1v) is 9.99. The molecule has 0 bridgehead atoms. The molecule has 1 saturated carbocycles. The fourth-order valence-electron chi connectivity index (χ4n) is 2.82. The van der Waals surface area contributed by atoms with E-state index in [-0.39, 0.29) is 11.9 Å². The molecule has 3 rings (SSSR count). The van der Waals surface area contributed by atoms with Gasteiger partial charge in [-0.25, -0.2) is 4.79 Å². The van der Waals surface area contributed by atoms with E-state index in [2.05, 4.69) is 12.2 Å². The van der Waals surface area contributed by atoms with Crippen LogP contribution in [0.1, 0.15) is 54.6 Å². The molecular weight excluding hydrogens is 370 g/mol. The lowest BCUT2D eigenvalue weighted by Gasteiger charge is -2.18. The molecule has 0 heterocycles. The summed E-state index contributed by atoms with van der Waals surface area (Å²) in [6.45, 7) is 2.66. The second kappa shape index (κ2) is 9.96. The molecule has 1 aliphatic rings. The highest BCUT2D eigenvalue weighted by atomic mass is 16.5. The van der Waals surface area contributed by atoms with E-state index in [0.717, 1.165) is 25.7 Å². The maximum Gasteiger partial charge on any atom is 0.339 e. The van der Waals surface area contributed by atoms with Crippen molar-refractivity contribution < 1.29 is 23.8 Å². The van der Waals surface area contributed by atoms with Crippen molar-refractivity contribution >= 4 is 11.9 Å². The summed E-state index contributed by atoms with van der Waals surface area (Å²) in [5.74, 6) is 0.125. The van der Waals surface area contributed by atoms with Crippen molar-refractivity contribution in [2.45, 2.75) is 44.8 Å². The van der Waals surface area contributed by atoms with Crippen LogP contribution in [0.4, 0.5) is 0 Å². The van der Waals surface area contributed by atoms with E-state index in [1.165, 1.54) is 7.11 Å². The number of methoxy groups -OCH3 is 1. The van der Waals surface area contributed by atoms with Crippen LogP contribution in [-0.4, -0.2) is 31.6 Å². The molecule has 0 radical (unpaired) electrons. The lowest BCUT2D eigenvalue weighted by Crippen LogP contribution is -2.33. The Hall–Kier alpha value is -3.02. The van der Waals surface area contributed by atoms with Gasteiger partial charge in [-0.2, -0.15) is 0 Å². The van der Waals surface area contributed by atoms with E-state index < -0.39 is 12.1 Å². The fraction of sp³-hybridized carbons (Fsp3) is 0.391. The van der Waals surface area contributed by atoms with E-state index in [9.17, 15) is 9.59 Å². The van der Waals surface area contributed by atoms with Gasteiger partial charge >= 0.3 is 5.97 Å². The molecule has 1 aliphatic carbocycles. The number of ether oxygens (including phenoxy) is 3. The van der Waals surface area contributed by atoms with Gasteiger partial charge in [-0.3, -0.25) is 4.79 Å². The zero-order valence-electron chi connectivity index (χ0n) is 16.9. The van der Waals surface area contributed by atoms with Gasteiger partial charge in [0.2, 0.25) is 6.10 Å². The average Bonchev–Trinajstić information content (AvgIpc) is 3.56. The monoisotopic (exact) mass is 397 g/mol. The minimum Gasteiger partial charge on any atom is -0.493 e. The highest BCUT2D eigenvalue weighted by molar-refractivity contribution is 5.93. The summed E-state index contributed by atoms with van der Waals surface area (Å²) in [6.07, 6.45) is 2.87. The Balaban J connectivity index is 1.75. The smallest absolute Gasteiger partial charge is 0.339 e. The van der Waals surface area contributed by atoms with Gasteiger partial charge in [0.05, 0.1) is 19.3 Å². The predicted octanol–water partition coefficient (Wildman–Crippen LogP) is 4.05. The minimum absolute atomic E-state index is 0.173. The number of unbranched alkanes of at least 4 members (excludes halogenated alkanes) is 1. The molecule has 2 aromatic carbocycles. The van der Waals surface area contributed by atoms with E-state index in [0.29, 0.717) is 29.2 Å². The van der Waals surface area contributed by atoms with Gasteiger partial charge in [-0.15, -0.1) is 0 Å². The molecule has 6 heteroatoms. The molecule has 0 aromatic heterocycles. The first-order chi connectivity index (χ1) is 14.1. The average molecular weight is 397 g/mol. The van der Waals surface area contributed by atoms with Gasteiger partial charge in [-0.05, 0) is 37.5 Å². The normalized spacial score (nSPS) is 14.0. The molecule has 1 amide bonds. The third kappa shape index (κ3) is 5.73. The van der Waals surface area contributed by atoms with Gasteiger partial charge in [-0.1, -0.05) is 43.7 Å². The van der Waals surface area contributed by atoms with Crippen LogP contribution < -0.4 is 14.8 Å². The van der Waals surface area contributed by atoms with Crippen molar-refractivity contribution in [2.24, 2.45) is 0 Å². The van der Waals surface area contributed by atoms with Gasteiger partial charge in [0.1, 0.15) is 0 Å². The molecule has 1 fully saturated rings. The number of benzene rings is 2. The first kappa shape index (κ1) is 20.7. The first-order valence-electron chi connectivity index (χ1n) is 9.99. The largest absolute Gasteiger partial charge is 0.493 e. The number of hydrogen-bond donors (Lipinski definition) is 1. The second-order valence-electron chi connectivity index (χ2n) is 7.05. The Morgan fingerprint density at radius 1 is 1.10 bits per heavy atom. The van der Waals surface area contributed by atoms with Gasteiger partial charge in [0, 0.05) is 11.6 Å². The second-order valence-corrected chi connectivity index (χ2v) is 7.05. The zero-order valence-corrected chi connectivity index (χ0v) is 16.9. The van der Waals surface area contributed by atoms with Gasteiger partial charge in [0.25, 0.3) is 5.91 Å². The van der Waals surface area contributed by atoms with Crippen molar-refractivity contribution in [1.82, 2.24) is 5.32 Å². The Morgan fingerprint density at radius 3 is 2.52 bits per heavy atom. The predicted molar refractivity (Wildman–Crippen MR) is 109 cm³/mol. The molecule has 1 unspecified atom stereocenters. The molecule has 6 nitrogen and oxygen atoms in total. The summed E-state index contributed by atoms with van der Waals surface area (Å²) in [5, 5.41) is 2.91. The lowest BCUT2D eigenvalue weighted by molar-refractivity contribution is -0.130. The van der Waals surface area contributed by atoms with Crippen LogP contribution in [0.3, 0.4) is 0 Å². The third-order valence-electron chi connectivity index (χ3n) is 4.64. The Labute approximate surface area is 171 Å². The molecule has 29 heavy (non-hydrogen) atoms. The third-order valence-corrected chi connectivity index (χ3v) is 4.64. The van der Waals surface area contributed by atoms with Crippen LogP contribution in [0.5, 0.6) is 11.5 Å². The highest BCUT2D eigenvalue weighted by Crippen LogP contribution is 2.30. The summed E-state index contributed by atoms with van der Waals surface area (Å²) in [6, 6.07) is 14.1. The van der Waals surface area contributed by atoms with Crippen LogP contribution in [0.25, 0.3) is 0 Å². The summed E-state index contributed by atoms with van der Waals surface area (Å²) in [4.78, 5) is 25.4. The van der Waals surface area contributed by atoms with Crippen LogP contribution in [-0.2, 0) is 9.53 Å². The number of carbonyl (C=O) groups excluding carboxylic acids is 2. The number of amides is 1. The van der Waals surface area contributed by atoms with Crippen LogP contribution in [0, 0.1) is 0 Å². The Bertz CT molecular complexity index is 832. The van der Waals surface area contributed by atoms with Crippen LogP contribution >= 0.6 is 0 Å². The number of esters is 1. The fourth-order valence-corrected chi connectivity index (χ4v) is 2.82. The summed E-state index contributed by atoms with van der Waals surface area (Å²) in [7, 11) is 1.52. The van der Waals surface area contributed by atoms with E-state index in [1.54, 1.807) is 30.3 Å². The van der Waals surface area contributed by atoms with Crippen molar-refractivity contribution in [1.29, 1.82) is 0 Å². The topological polar surface area (TPSA) is 73.9 Å². The van der Waals surface area contributed by atoms with E-state index in [1.807, 2.05) is 18.2 Å². The van der Waals surface area contributed by atoms with E-state index >= 15 is 0 Å². The summed E-state index contributed by atoms with van der Waals surface area (Å²) in [5.41, 5.74) is 0.926. The van der Waals surface area contributed by atoms with E-state index in [4.69, 9.17) is 14.2 Å². The number of hydrogen-bond acceptors (Lipinski definition) is 5. The van der Waals surface area contributed by atoms with Crippen molar-refractivity contribution in [2.75, 3.05) is 13.7 Å². The molecule has 0 aliphatic heterocycles. The van der Waals surface area contributed by atoms with Crippen LogP contribution in [0.2, 0.25) is 0 Å². The molecular formula is C23H27NO5. The minimum atomic E-state index is -1.00. The standard InChI is InChI=1S/C23H27NO5/c1-3-4-14-28-19-13-10-17(15-20(19)27-2)23(26)29-21(16-8-6-5-7-9-16)22(25)24-18-11-12-18/h5-10,13,15,18,21H,3-4,11-12,14H2,1-2H3,(H,24,25). The molecule has 154 valence electrons. The quantitative estimate of drug-likeness (QED) is 0.484. The van der Waals surface area contributed by atoms with Crippen LogP contribution in [0.15, 0.2) is 48.5 Å². The molecule has 0 spiro atoms. The highest BCUT2D eigenvalue weighted by Gasteiger charge is 2.31. The number of nitrogens with one attached hydrogen (secondary N) is 1. The zero-order chi connectivity index (χ0) is 20.6. The molecule has 2 aromatic rings. The van der Waals surface area contributed by atoms with Crippen molar-refractivity contribution in [3.05, 3.63) is 59.7 Å². The van der Waals surface area contributed by atoms with Gasteiger partial charge in [0.15, 0.2) is 11.5 Å². The number of rotatable bonds is 10. The summed E-state index contributed by atoms with van der Waals surface area (Å²) < 4.78 is 16.7. The maximum absolute atomic E-state index is 12.8. The van der Waals surface area contributed by atoms with Gasteiger partial charge < -0.3 is 19.5 Å². The lowest BCUT2D eigenvalue weighted by atomic mass is 10.1. The molecule has 0 saturated heterocycles. The Morgan fingerprint density at radius 2 is 1.86 bits per heavy atom. The summed E-state index contributed by atoms with van der Waals surface area (Å²) >= 11 is 0. The maximum atomic E-state index is 12.8. The molecule has 1 N–H and O–H groups in total.